The second-order valence-corrected chi connectivity index (χ2v) is 22.5. The first-order chi connectivity index (χ1) is 36.4. The molecule has 2 saturated carbocycles. The molecule has 4 aromatic carbocycles. The highest BCUT2D eigenvalue weighted by molar-refractivity contribution is 7.14. The summed E-state index contributed by atoms with van der Waals surface area (Å²) in [6.07, 6.45) is 15.6. The van der Waals surface area contributed by atoms with Gasteiger partial charge in [-0.05, 0) is 164 Å². The Labute approximate surface area is 444 Å². The lowest BCUT2D eigenvalue weighted by atomic mass is 9.89. The van der Waals surface area contributed by atoms with Crippen molar-refractivity contribution in [2.45, 2.75) is 46.0 Å². The number of carbonyl (C=O) groups excluding carboxylic acids is 6. The number of thiophene rings is 2. The quantitative estimate of drug-likeness (QED) is 0.0457. The number of ether oxygens (including phenoxy) is 2. The fraction of sp³-hybridized carbons (Fsp3) is 0.238. The van der Waals surface area contributed by atoms with Gasteiger partial charge in [0, 0.05) is 9.75 Å². The van der Waals surface area contributed by atoms with Crippen LogP contribution in [0.4, 0.5) is 11.4 Å². The van der Waals surface area contributed by atoms with E-state index in [4.69, 9.17) is 9.47 Å². The first-order valence-corrected chi connectivity index (χ1v) is 27.1. The van der Waals surface area contributed by atoms with Crippen molar-refractivity contribution in [2.24, 2.45) is 47.3 Å². The molecule has 12 heteroatoms. The Hall–Kier alpha value is -7.80. The molecule has 3 aliphatic carbocycles. The fourth-order valence-electron chi connectivity index (χ4n) is 12.2. The summed E-state index contributed by atoms with van der Waals surface area (Å²) < 4.78 is 11.7. The molecule has 376 valence electrons. The standard InChI is InChI=1S/C63H54N2O8S2/c1-5-40-32-42(22-20-38-14-9-7-10-15-38)56-54(40)58(66)64(60(56)68)44-24-28-46(29-25-44)72-62(70)52-34-50(36(3)74-52)48-18-13-19-49(48)51-35-53(75-37(51)4)63(71)73-47-30-26-45(27-31-47)65-59(67)55-41(6-2)33-43(57(55)61(65)69)23-21-39-16-11-8-12-17-39/h5-12,14-17,20-31,34-35,40-43,54-57H,1-2,13,18-19,32-33H2,3-4H3/b22-20+,23-21+. The van der Waals surface area contributed by atoms with E-state index in [1.54, 1.807) is 60.7 Å². The minimum atomic E-state index is -0.514. The van der Waals surface area contributed by atoms with Crippen LogP contribution in [0.2, 0.25) is 0 Å². The van der Waals surface area contributed by atoms with E-state index in [1.807, 2.05) is 111 Å². The lowest BCUT2D eigenvalue weighted by Crippen LogP contribution is -2.33. The van der Waals surface area contributed by atoms with Gasteiger partial charge in [-0.1, -0.05) is 97.1 Å². The van der Waals surface area contributed by atoms with E-state index in [2.05, 4.69) is 13.2 Å². The number of benzene rings is 4. The molecular formula is C63H54N2O8S2. The van der Waals surface area contributed by atoms with Gasteiger partial charge in [-0.25, -0.2) is 9.59 Å². The maximum atomic E-state index is 14.0. The van der Waals surface area contributed by atoms with Gasteiger partial charge in [-0.15, -0.1) is 35.8 Å². The van der Waals surface area contributed by atoms with Crippen LogP contribution in [-0.2, 0) is 19.2 Å². The Kier molecular flexibility index (Phi) is 13.5. The molecule has 75 heavy (non-hydrogen) atoms. The number of hydrogen-bond donors (Lipinski definition) is 0. The molecule has 0 bridgehead atoms. The lowest BCUT2D eigenvalue weighted by Gasteiger charge is -2.19. The SMILES string of the molecule is C=CC1CC(/C=C/c2ccccc2)C2C(=O)N(c3ccc(OC(=O)c4cc(C5=C(c6cc(C(=O)Oc7ccc(N8C(=O)C9C(C=C)CC(/C=C/c%10ccccc%10)C9C8=O)cc7)sc6C)CCC5)c(C)s4)cc3)C(=O)C12. The van der Waals surface area contributed by atoms with Gasteiger partial charge in [0.15, 0.2) is 0 Å². The zero-order chi connectivity index (χ0) is 52.1. The highest BCUT2D eigenvalue weighted by Crippen LogP contribution is 2.52. The number of allylic oxidation sites excluding steroid dienone is 6. The van der Waals surface area contributed by atoms with E-state index in [0.29, 0.717) is 34.0 Å². The molecule has 11 rings (SSSR count). The van der Waals surface area contributed by atoms with Gasteiger partial charge in [0.05, 0.1) is 35.0 Å². The van der Waals surface area contributed by atoms with Gasteiger partial charge in [0.1, 0.15) is 21.3 Å². The zero-order valence-corrected chi connectivity index (χ0v) is 43.2. The van der Waals surface area contributed by atoms with Crippen molar-refractivity contribution in [3.05, 3.63) is 201 Å². The van der Waals surface area contributed by atoms with Crippen LogP contribution in [0.15, 0.2) is 159 Å². The number of carbonyl (C=O) groups is 6. The molecule has 2 saturated heterocycles. The molecule has 6 aromatic rings. The number of amides is 4. The summed E-state index contributed by atoms with van der Waals surface area (Å²) in [5, 5.41) is 0. The average Bonchev–Trinajstić information content (AvgIpc) is 4.33. The summed E-state index contributed by atoms with van der Waals surface area (Å²) in [6, 6.07) is 36.5. The smallest absolute Gasteiger partial charge is 0.353 e. The van der Waals surface area contributed by atoms with Crippen LogP contribution in [0.1, 0.15) is 83.5 Å². The van der Waals surface area contributed by atoms with Gasteiger partial charge >= 0.3 is 11.9 Å². The van der Waals surface area contributed by atoms with Gasteiger partial charge in [0.25, 0.3) is 0 Å². The first-order valence-electron chi connectivity index (χ1n) is 25.5. The first kappa shape index (κ1) is 49.4. The van der Waals surface area contributed by atoms with Crippen molar-refractivity contribution in [1.29, 1.82) is 0 Å². The van der Waals surface area contributed by atoms with E-state index < -0.39 is 35.6 Å². The fourth-order valence-corrected chi connectivity index (χ4v) is 14.0. The Morgan fingerprint density at radius 2 is 0.880 bits per heavy atom. The van der Waals surface area contributed by atoms with Gasteiger partial charge in [-0.2, -0.15) is 0 Å². The lowest BCUT2D eigenvalue weighted by molar-refractivity contribution is -0.124. The van der Waals surface area contributed by atoms with Crippen molar-refractivity contribution in [3.63, 3.8) is 0 Å². The molecule has 2 aromatic heterocycles. The monoisotopic (exact) mass is 1030 g/mol. The molecule has 4 heterocycles. The Balaban J connectivity index is 0.739. The second kappa shape index (κ2) is 20.5. The van der Waals surface area contributed by atoms with E-state index in [9.17, 15) is 28.8 Å². The van der Waals surface area contributed by atoms with E-state index in [1.165, 1.54) is 32.5 Å². The number of anilines is 2. The molecule has 4 amide bonds. The molecule has 8 atom stereocenters. The van der Waals surface area contributed by atoms with Crippen molar-refractivity contribution in [2.75, 3.05) is 9.80 Å². The minimum absolute atomic E-state index is 0.108. The molecule has 5 aliphatic rings. The van der Waals surface area contributed by atoms with Crippen LogP contribution in [0.5, 0.6) is 11.5 Å². The number of hydrogen-bond acceptors (Lipinski definition) is 10. The maximum absolute atomic E-state index is 14.0. The molecule has 0 radical (unpaired) electrons. The predicted molar refractivity (Wildman–Crippen MR) is 295 cm³/mol. The number of fused-ring (bicyclic) bond motifs is 2. The van der Waals surface area contributed by atoms with Crippen molar-refractivity contribution < 1.29 is 38.2 Å². The van der Waals surface area contributed by atoms with Crippen LogP contribution in [0.25, 0.3) is 23.3 Å². The van der Waals surface area contributed by atoms with Crippen LogP contribution in [0.3, 0.4) is 0 Å². The van der Waals surface area contributed by atoms with Crippen molar-refractivity contribution in [3.8, 4) is 11.5 Å². The molecule has 0 N–H and O–H groups in total. The third-order valence-electron chi connectivity index (χ3n) is 15.7. The summed E-state index contributed by atoms with van der Waals surface area (Å²) >= 11 is 2.71. The van der Waals surface area contributed by atoms with E-state index in [-0.39, 0.29) is 58.8 Å². The van der Waals surface area contributed by atoms with Crippen molar-refractivity contribution in [1.82, 2.24) is 0 Å². The van der Waals surface area contributed by atoms with Crippen LogP contribution < -0.4 is 19.3 Å². The van der Waals surface area contributed by atoms with Gasteiger partial charge < -0.3 is 9.47 Å². The Morgan fingerprint density at radius 1 is 0.520 bits per heavy atom. The molecular weight excluding hydrogens is 977 g/mol. The molecule has 2 aliphatic heterocycles. The van der Waals surface area contributed by atoms with Crippen molar-refractivity contribution >= 4 is 92.9 Å². The highest BCUT2D eigenvalue weighted by Gasteiger charge is 2.59. The number of esters is 2. The maximum Gasteiger partial charge on any atom is 0.353 e. The van der Waals surface area contributed by atoms with Crippen LogP contribution in [-0.4, -0.2) is 35.6 Å². The number of imide groups is 2. The molecule has 8 unspecified atom stereocenters. The van der Waals surface area contributed by atoms with Crippen LogP contribution in [0, 0.1) is 61.2 Å². The number of aryl methyl sites for hydroxylation is 2. The van der Waals surface area contributed by atoms with Gasteiger partial charge in [-0.3, -0.25) is 29.0 Å². The van der Waals surface area contributed by atoms with E-state index in [0.717, 1.165) is 62.4 Å². The summed E-state index contributed by atoms with van der Waals surface area (Å²) in [6.45, 7) is 12.0. The Bertz CT molecular complexity index is 3160. The topological polar surface area (TPSA) is 127 Å². The van der Waals surface area contributed by atoms with Gasteiger partial charge in [0.2, 0.25) is 23.6 Å². The Morgan fingerprint density at radius 3 is 1.24 bits per heavy atom. The summed E-state index contributed by atoms with van der Waals surface area (Å²) in [7, 11) is 0. The summed E-state index contributed by atoms with van der Waals surface area (Å²) in [5.41, 5.74) is 7.09. The number of nitrogens with zero attached hydrogens (tertiary/aromatic N) is 2. The predicted octanol–water partition coefficient (Wildman–Crippen LogP) is 13.2. The second-order valence-electron chi connectivity index (χ2n) is 20.0. The van der Waals surface area contributed by atoms with Crippen LogP contribution >= 0.6 is 22.7 Å². The average molecular weight is 1030 g/mol. The summed E-state index contributed by atoms with van der Waals surface area (Å²) in [5.74, 6) is -3.78. The summed E-state index contributed by atoms with van der Waals surface area (Å²) in [4.78, 5) is 88.3. The number of rotatable bonds is 14. The third-order valence-corrected chi connectivity index (χ3v) is 17.8. The largest absolute Gasteiger partial charge is 0.422 e. The molecule has 4 fully saturated rings. The third kappa shape index (κ3) is 9.20. The highest BCUT2D eigenvalue weighted by atomic mass is 32.1. The van der Waals surface area contributed by atoms with E-state index >= 15 is 0 Å². The minimum Gasteiger partial charge on any atom is -0.422 e. The molecule has 0 spiro atoms. The normalized spacial score (nSPS) is 24.2. The zero-order valence-electron chi connectivity index (χ0n) is 41.6. The molecule has 10 nitrogen and oxygen atoms in total.